The number of benzene rings is 1. The third-order valence-corrected chi connectivity index (χ3v) is 3.37. The van der Waals surface area contributed by atoms with Crippen molar-refractivity contribution in [2.45, 2.75) is 17.7 Å². The standard InChI is InChI=1S/C12H16O4S/c1-2-15-10-6-7-11-16-17(13,14)12-8-4-3-5-9-12/h2-5,8-9H,1,6-7,10-11H2. The lowest BCUT2D eigenvalue weighted by Gasteiger charge is -2.05. The Morgan fingerprint density at radius 2 is 1.76 bits per heavy atom. The van der Waals surface area contributed by atoms with Gasteiger partial charge in [-0.15, -0.1) is 0 Å². The Bertz CT molecular complexity index is 425. The molecule has 17 heavy (non-hydrogen) atoms. The molecule has 4 nitrogen and oxygen atoms in total. The van der Waals surface area contributed by atoms with Gasteiger partial charge in [0.15, 0.2) is 0 Å². The van der Waals surface area contributed by atoms with Crippen LogP contribution in [0.2, 0.25) is 0 Å². The van der Waals surface area contributed by atoms with Crippen LogP contribution < -0.4 is 0 Å². The molecular formula is C12H16O4S. The van der Waals surface area contributed by atoms with E-state index in [1.807, 2.05) is 0 Å². The molecule has 1 aromatic carbocycles. The lowest BCUT2D eigenvalue weighted by Crippen LogP contribution is -2.07. The van der Waals surface area contributed by atoms with E-state index in [9.17, 15) is 8.42 Å². The highest BCUT2D eigenvalue weighted by Gasteiger charge is 2.13. The molecule has 0 saturated heterocycles. The van der Waals surface area contributed by atoms with Crippen LogP contribution in [0, 0.1) is 0 Å². The van der Waals surface area contributed by atoms with E-state index < -0.39 is 10.1 Å². The minimum absolute atomic E-state index is 0.164. The summed E-state index contributed by atoms with van der Waals surface area (Å²) < 4.78 is 33.1. The zero-order chi connectivity index (χ0) is 12.6. The van der Waals surface area contributed by atoms with Crippen molar-refractivity contribution in [3.63, 3.8) is 0 Å². The predicted octanol–water partition coefficient (Wildman–Crippen LogP) is 2.33. The monoisotopic (exact) mass is 256 g/mol. The summed E-state index contributed by atoms with van der Waals surface area (Å²) in [5.41, 5.74) is 0. The van der Waals surface area contributed by atoms with Gasteiger partial charge in [0.1, 0.15) is 0 Å². The Labute approximate surface area is 102 Å². The molecule has 0 aliphatic rings. The highest BCUT2D eigenvalue weighted by molar-refractivity contribution is 7.86. The third-order valence-electron chi connectivity index (χ3n) is 2.04. The van der Waals surface area contributed by atoms with E-state index in [1.54, 1.807) is 18.2 Å². The van der Waals surface area contributed by atoms with Crippen molar-refractivity contribution in [1.29, 1.82) is 0 Å². The van der Waals surface area contributed by atoms with Gasteiger partial charge in [-0.05, 0) is 25.0 Å². The summed E-state index contributed by atoms with van der Waals surface area (Å²) in [6, 6.07) is 8.10. The van der Waals surface area contributed by atoms with Crippen LogP contribution in [-0.4, -0.2) is 21.6 Å². The molecule has 0 fully saturated rings. The van der Waals surface area contributed by atoms with Gasteiger partial charge in [0.25, 0.3) is 10.1 Å². The summed E-state index contributed by atoms with van der Waals surface area (Å²) in [5, 5.41) is 0. The first-order valence-electron chi connectivity index (χ1n) is 5.34. The van der Waals surface area contributed by atoms with Crippen LogP contribution in [-0.2, 0) is 19.0 Å². The van der Waals surface area contributed by atoms with E-state index in [2.05, 4.69) is 6.58 Å². The molecule has 0 radical (unpaired) electrons. The number of rotatable bonds is 8. The van der Waals surface area contributed by atoms with Gasteiger partial charge in [-0.2, -0.15) is 8.42 Å². The first-order chi connectivity index (χ1) is 8.17. The minimum atomic E-state index is -3.61. The molecule has 0 aliphatic heterocycles. The molecule has 0 heterocycles. The zero-order valence-corrected chi connectivity index (χ0v) is 10.4. The summed E-state index contributed by atoms with van der Waals surface area (Å²) in [6.07, 6.45) is 2.72. The van der Waals surface area contributed by atoms with Gasteiger partial charge in [-0.1, -0.05) is 24.8 Å². The van der Waals surface area contributed by atoms with Crippen LogP contribution in [0.3, 0.4) is 0 Å². The van der Waals surface area contributed by atoms with E-state index in [1.165, 1.54) is 18.4 Å². The fourth-order valence-electron chi connectivity index (χ4n) is 1.19. The molecule has 0 aromatic heterocycles. The second kappa shape index (κ2) is 7.09. The van der Waals surface area contributed by atoms with Gasteiger partial charge in [-0.25, -0.2) is 0 Å². The third kappa shape index (κ3) is 5.01. The maximum Gasteiger partial charge on any atom is 0.296 e. The SMILES string of the molecule is C=COCCCCOS(=O)(=O)c1ccccc1. The molecule has 0 atom stereocenters. The van der Waals surface area contributed by atoms with Gasteiger partial charge < -0.3 is 4.74 Å². The molecule has 0 N–H and O–H groups in total. The number of hydrogen-bond acceptors (Lipinski definition) is 4. The van der Waals surface area contributed by atoms with Crippen molar-refractivity contribution in [3.05, 3.63) is 43.2 Å². The van der Waals surface area contributed by atoms with Crippen LogP contribution in [0.25, 0.3) is 0 Å². The fourth-order valence-corrected chi connectivity index (χ4v) is 2.16. The summed E-state index contributed by atoms with van der Waals surface area (Å²) in [5.74, 6) is 0. The maximum atomic E-state index is 11.7. The Balaban J connectivity index is 2.34. The molecule has 0 amide bonds. The summed E-state index contributed by atoms with van der Waals surface area (Å²) in [4.78, 5) is 0.183. The van der Waals surface area contributed by atoms with Crippen molar-refractivity contribution < 1.29 is 17.3 Å². The number of ether oxygens (including phenoxy) is 1. The molecule has 1 aromatic rings. The van der Waals surface area contributed by atoms with E-state index in [4.69, 9.17) is 8.92 Å². The van der Waals surface area contributed by atoms with Crippen molar-refractivity contribution >= 4 is 10.1 Å². The van der Waals surface area contributed by atoms with Gasteiger partial charge >= 0.3 is 0 Å². The van der Waals surface area contributed by atoms with E-state index in [-0.39, 0.29) is 11.5 Å². The number of unbranched alkanes of at least 4 members (excludes halogenated alkanes) is 1. The van der Waals surface area contributed by atoms with Crippen LogP contribution >= 0.6 is 0 Å². The normalized spacial score (nSPS) is 11.1. The van der Waals surface area contributed by atoms with Crippen molar-refractivity contribution in [1.82, 2.24) is 0 Å². The van der Waals surface area contributed by atoms with Crippen molar-refractivity contribution in [2.75, 3.05) is 13.2 Å². The first kappa shape index (κ1) is 13.7. The average molecular weight is 256 g/mol. The molecule has 1 rings (SSSR count). The fraction of sp³-hybridized carbons (Fsp3) is 0.333. The lowest BCUT2D eigenvalue weighted by atomic mass is 10.3. The summed E-state index contributed by atoms with van der Waals surface area (Å²) in [7, 11) is -3.61. The largest absolute Gasteiger partial charge is 0.502 e. The Hall–Kier alpha value is -1.33. The molecule has 0 saturated carbocycles. The van der Waals surface area contributed by atoms with E-state index in [0.717, 1.165) is 6.42 Å². The molecule has 94 valence electrons. The molecule has 5 heteroatoms. The summed E-state index contributed by atoms with van der Waals surface area (Å²) >= 11 is 0. The van der Waals surface area contributed by atoms with Crippen LogP contribution in [0.5, 0.6) is 0 Å². The molecule has 0 unspecified atom stereocenters. The molecular weight excluding hydrogens is 240 g/mol. The van der Waals surface area contributed by atoms with E-state index in [0.29, 0.717) is 13.0 Å². The van der Waals surface area contributed by atoms with Crippen LogP contribution in [0.4, 0.5) is 0 Å². The smallest absolute Gasteiger partial charge is 0.296 e. The van der Waals surface area contributed by atoms with Gasteiger partial charge in [0.05, 0.1) is 24.4 Å². The van der Waals surface area contributed by atoms with Crippen LogP contribution in [0.1, 0.15) is 12.8 Å². The van der Waals surface area contributed by atoms with Gasteiger partial charge in [0, 0.05) is 0 Å². The van der Waals surface area contributed by atoms with Gasteiger partial charge in [0.2, 0.25) is 0 Å². The van der Waals surface area contributed by atoms with Gasteiger partial charge in [-0.3, -0.25) is 4.18 Å². The zero-order valence-electron chi connectivity index (χ0n) is 9.54. The second-order valence-corrected chi connectivity index (χ2v) is 4.95. The first-order valence-corrected chi connectivity index (χ1v) is 6.74. The predicted molar refractivity (Wildman–Crippen MR) is 65.0 cm³/mol. The Kier molecular flexibility index (Phi) is 5.72. The second-order valence-electron chi connectivity index (χ2n) is 3.33. The minimum Gasteiger partial charge on any atom is -0.502 e. The molecule has 0 aliphatic carbocycles. The Morgan fingerprint density at radius 3 is 2.41 bits per heavy atom. The molecule has 0 bridgehead atoms. The van der Waals surface area contributed by atoms with Crippen molar-refractivity contribution in [3.8, 4) is 0 Å². The number of hydrogen-bond donors (Lipinski definition) is 0. The summed E-state index contributed by atoms with van der Waals surface area (Å²) in [6.45, 7) is 4.10. The average Bonchev–Trinajstić information content (AvgIpc) is 2.35. The highest BCUT2D eigenvalue weighted by atomic mass is 32.2. The molecule has 0 spiro atoms. The topological polar surface area (TPSA) is 52.6 Å². The highest BCUT2D eigenvalue weighted by Crippen LogP contribution is 2.11. The Morgan fingerprint density at radius 1 is 1.12 bits per heavy atom. The lowest BCUT2D eigenvalue weighted by molar-refractivity contribution is 0.227. The van der Waals surface area contributed by atoms with E-state index >= 15 is 0 Å². The van der Waals surface area contributed by atoms with Crippen LogP contribution in [0.15, 0.2) is 48.1 Å². The quantitative estimate of drug-likeness (QED) is 0.407. The maximum absolute atomic E-state index is 11.7. The van der Waals surface area contributed by atoms with Crippen molar-refractivity contribution in [2.24, 2.45) is 0 Å².